The van der Waals surface area contributed by atoms with Gasteiger partial charge < -0.3 is 20.5 Å². The number of hydrogen-bond acceptors (Lipinski definition) is 8. The molecule has 0 heterocycles. The Hall–Kier alpha value is -1.87. The highest BCUT2D eigenvalue weighted by Crippen LogP contribution is 2.45. The zero-order valence-corrected chi connectivity index (χ0v) is 34.5. The van der Waals surface area contributed by atoms with Crippen molar-refractivity contribution in [2.75, 3.05) is 19.8 Å². The molecule has 0 saturated carbocycles. The van der Waals surface area contributed by atoms with Gasteiger partial charge in [-0.05, 0) is 51.4 Å². The molecule has 2 unspecified atom stereocenters. The van der Waals surface area contributed by atoms with E-state index in [4.69, 9.17) is 19.5 Å². The second-order valence-electron chi connectivity index (χ2n) is 14.0. The Morgan fingerprint density at radius 2 is 1.06 bits per heavy atom. The Morgan fingerprint density at radius 1 is 0.623 bits per heavy atom. The number of rotatable bonds is 39. The molecule has 0 aliphatic rings. The van der Waals surface area contributed by atoms with E-state index in [0.29, 0.717) is 19.3 Å². The molecule has 0 aliphatic heterocycles. The number of Topliss-reactive ketones (excluding diaryl/α,β-unsaturated/α-hetero) is 1. The maximum Gasteiger partial charge on any atom is 0.473 e. The number of ether oxygens (including phenoxy) is 1. The highest BCUT2D eigenvalue weighted by molar-refractivity contribution is 7.47. The predicted octanol–water partition coefficient (Wildman–Crippen LogP) is 11.3. The first-order chi connectivity index (χ1) is 25.8. The number of ketones is 1. The highest BCUT2D eigenvalue weighted by Gasteiger charge is 2.38. The third kappa shape index (κ3) is 34.4. The smallest absolute Gasteiger partial charge is 0.457 e. The van der Waals surface area contributed by atoms with Gasteiger partial charge in [-0.2, -0.15) is 0 Å². The van der Waals surface area contributed by atoms with Gasteiger partial charge in [-0.1, -0.05) is 165 Å². The Kier molecular flexibility index (Phi) is 37.1. The first-order valence-corrected chi connectivity index (χ1v) is 22.6. The maximum atomic E-state index is 13.2. The van der Waals surface area contributed by atoms with E-state index < -0.39 is 38.4 Å². The summed E-state index contributed by atoms with van der Waals surface area (Å²) in [6.07, 6.45) is 40.9. The van der Waals surface area contributed by atoms with E-state index in [1.165, 1.54) is 89.9 Å². The second kappa shape index (κ2) is 38.4. The Labute approximate surface area is 323 Å². The van der Waals surface area contributed by atoms with E-state index in [-0.39, 0.29) is 26.0 Å². The Bertz CT molecular complexity index is 1030. The van der Waals surface area contributed by atoms with Crippen molar-refractivity contribution in [2.24, 2.45) is 5.73 Å². The summed E-state index contributed by atoms with van der Waals surface area (Å²) in [5, 5.41) is 10.0. The van der Waals surface area contributed by atoms with Gasteiger partial charge in [-0.3, -0.25) is 18.6 Å². The van der Waals surface area contributed by atoms with Gasteiger partial charge in [0.1, 0.15) is 0 Å². The molecule has 0 fully saturated rings. The lowest BCUT2D eigenvalue weighted by Crippen LogP contribution is -2.41. The van der Waals surface area contributed by atoms with Crippen molar-refractivity contribution >= 4 is 19.6 Å². The summed E-state index contributed by atoms with van der Waals surface area (Å²) in [6, 6.07) is 0. The van der Waals surface area contributed by atoms with Crippen LogP contribution in [-0.4, -0.2) is 53.7 Å². The van der Waals surface area contributed by atoms with Gasteiger partial charge in [0.05, 0.1) is 13.2 Å². The molecule has 10 heteroatoms. The van der Waals surface area contributed by atoms with E-state index in [0.717, 1.165) is 44.9 Å². The van der Waals surface area contributed by atoms with Crippen LogP contribution in [-0.2, 0) is 27.9 Å². The van der Waals surface area contributed by atoms with Crippen LogP contribution < -0.4 is 5.73 Å². The number of unbranched alkanes of at least 4 members (excludes halogenated alkanes) is 18. The fourth-order valence-electron chi connectivity index (χ4n) is 5.84. The molecule has 0 radical (unpaired) electrons. The number of carbonyl (C=O) groups is 2. The molecule has 0 spiro atoms. The van der Waals surface area contributed by atoms with Gasteiger partial charge in [0, 0.05) is 19.4 Å². The Balaban J connectivity index is 4.51. The molecule has 53 heavy (non-hydrogen) atoms. The summed E-state index contributed by atoms with van der Waals surface area (Å²) in [6.45, 7) is 3.44. The monoisotopic (exact) mass is 768 g/mol. The zero-order chi connectivity index (χ0) is 39.1. The van der Waals surface area contributed by atoms with Crippen LogP contribution in [0.15, 0.2) is 48.6 Å². The normalized spacial score (nSPS) is 14.5. The van der Waals surface area contributed by atoms with E-state index in [9.17, 15) is 24.2 Å². The molecule has 308 valence electrons. The number of phosphoric ester groups is 1. The standard InChI is InChI=1S/C43H78NO8P/c1-3-5-7-9-11-13-15-17-19-20-22-24-26-28-30-32-34-36-42(47)51-41(39-45)43(52-53(48,49)50-38-37-44)40(46)35-33-31-29-27-25-23-21-18-16-14-12-10-8-6-4-2/h11,13,17,19,22,24,28,30,41,43,45H,3-10,12,14-16,18,20-21,23,25-27,29,31-39,44H2,1-2H3,(H,48,49)/b13-11-,19-17-,24-22-,30-28-/t41-,43?/m0/s1. The first kappa shape index (κ1) is 51.1. The van der Waals surface area contributed by atoms with Crippen LogP contribution in [0, 0.1) is 0 Å². The van der Waals surface area contributed by atoms with Crippen LogP contribution >= 0.6 is 7.82 Å². The molecule has 4 N–H and O–H groups in total. The maximum absolute atomic E-state index is 13.2. The molecule has 0 aromatic carbocycles. The van der Waals surface area contributed by atoms with Crippen molar-refractivity contribution in [2.45, 2.75) is 193 Å². The Morgan fingerprint density at radius 3 is 1.53 bits per heavy atom. The minimum atomic E-state index is -4.68. The molecule has 9 nitrogen and oxygen atoms in total. The minimum Gasteiger partial charge on any atom is -0.457 e. The molecular formula is C43H78NO8P. The lowest BCUT2D eigenvalue weighted by molar-refractivity contribution is -0.161. The number of phosphoric acid groups is 1. The van der Waals surface area contributed by atoms with Crippen LogP contribution in [0.3, 0.4) is 0 Å². The van der Waals surface area contributed by atoms with E-state index in [1.807, 2.05) is 12.2 Å². The second-order valence-corrected chi connectivity index (χ2v) is 15.4. The minimum absolute atomic E-state index is 0.0243. The van der Waals surface area contributed by atoms with E-state index >= 15 is 0 Å². The van der Waals surface area contributed by atoms with Crippen molar-refractivity contribution in [3.8, 4) is 0 Å². The molecule has 0 aromatic rings. The van der Waals surface area contributed by atoms with Gasteiger partial charge in [0.2, 0.25) is 0 Å². The molecule has 0 aromatic heterocycles. The fraction of sp³-hybridized carbons (Fsp3) is 0.767. The summed E-state index contributed by atoms with van der Waals surface area (Å²) >= 11 is 0. The third-order valence-corrected chi connectivity index (χ3v) is 9.98. The molecular weight excluding hydrogens is 689 g/mol. The van der Waals surface area contributed by atoms with Crippen molar-refractivity contribution in [3.05, 3.63) is 48.6 Å². The SMILES string of the molecule is CCCCC/C=C\C/C=C\C/C=C\C/C=C\CCCC(=O)O[C@@H](CO)C(OP(=O)(O)OCCN)C(=O)CCCCCCCCCCCCCCCCC. The lowest BCUT2D eigenvalue weighted by atomic mass is 10.0. The molecule has 0 rings (SSSR count). The number of nitrogens with two attached hydrogens (primary N) is 1. The van der Waals surface area contributed by atoms with Crippen LogP contribution in [0.25, 0.3) is 0 Å². The molecule has 0 saturated heterocycles. The summed E-state index contributed by atoms with van der Waals surface area (Å²) in [5.41, 5.74) is 5.38. The summed E-state index contributed by atoms with van der Waals surface area (Å²) in [5.74, 6) is -1.14. The van der Waals surface area contributed by atoms with E-state index in [2.05, 4.69) is 50.3 Å². The largest absolute Gasteiger partial charge is 0.473 e. The fourth-order valence-corrected chi connectivity index (χ4v) is 6.77. The van der Waals surface area contributed by atoms with Crippen molar-refractivity contribution in [1.29, 1.82) is 0 Å². The van der Waals surface area contributed by atoms with Crippen LogP contribution in [0.2, 0.25) is 0 Å². The number of allylic oxidation sites excluding steroid dienone is 8. The summed E-state index contributed by atoms with van der Waals surface area (Å²) in [7, 11) is -4.68. The summed E-state index contributed by atoms with van der Waals surface area (Å²) in [4.78, 5) is 36.0. The number of hydrogen-bond donors (Lipinski definition) is 3. The highest BCUT2D eigenvalue weighted by atomic mass is 31.2. The topological polar surface area (TPSA) is 145 Å². The van der Waals surface area contributed by atoms with Crippen molar-refractivity contribution in [1.82, 2.24) is 0 Å². The van der Waals surface area contributed by atoms with Crippen LogP contribution in [0.4, 0.5) is 0 Å². The number of esters is 1. The van der Waals surface area contributed by atoms with Gasteiger partial charge in [-0.15, -0.1) is 0 Å². The van der Waals surface area contributed by atoms with Crippen molar-refractivity contribution < 1.29 is 37.9 Å². The molecule has 3 atom stereocenters. The van der Waals surface area contributed by atoms with Crippen LogP contribution in [0.5, 0.6) is 0 Å². The van der Waals surface area contributed by atoms with Gasteiger partial charge in [0.25, 0.3) is 0 Å². The molecule has 0 aliphatic carbocycles. The molecule has 0 amide bonds. The van der Waals surface area contributed by atoms with Gasteiger partial charge in [0.15, 0.2) is 18.0 Å². The van der Waals surface area contributed by atoms with Crippen LogP contribution in [0.1, 0.15) is 181 Å². The quantitative estimate of drug-likeness (QED) is 0.0241. The lowest BCUT2D eigenvalue weighted by Gasteiger charge is -2.26. The number of aliphatic hydroxyl groups is 1. The van der Waals surface area contributed by atoms with Gasteiger partial charge in [-0.25, -0.2) is 4.57 Å². The first-order valence-electron chi connectivity index (χ1n) is 21.1. The molecule has 0 bridgehead atoms. The third-order valence-electron chi connectivity index (χ3n) is 8.97. The number of carbonyl (C=O) groups excluding carboxylic acids is 2. The zero-order valence-electron chi connectivity index (χ0n) is 33.6. The van der Waals surface area contributed by atoms with Crippen molar-refractivity contribution in [3.63, 3.8) is 0 Å². The van der Waals surface area contributed by atoms with Gasteiger partial charge >= 0.3 is 13.8 Å². The average molecular weight is 768 g/mol. The number of aliphatic hydroxyl groups excluding tert-OH is 1. The van der Waals surface area contributed by atoms with E-state index in [1.54, 1.807) is 0 Å². The summed E-state index contributed by atoms with van der Waals surface area (Å²) < 4.78 is 27.9. The average Bonchev–Trinajstić information content (AvgIpc) is 3.14. The predicted molar refractivity (Wildman–Crippen MR) is 220 cm³/mol.